The molecule has 1 aromatic carbocycles. The molecule has 0 aliphatic heterocycles. The minimum atomic E-state index is 0.0647. The fourth-order valence-corrected chi connectivity index (χ4v) is 3.42. The van der Waals surface area contributed by atoms with Crippen molar-refractivity contribution in [2.24, 2.45) is 11.7 Å². The summed E-state index contributed by atoms with van der Waals surface area (Å²) in [5.74, 6) is 0.416. The first-order chi connectivity index (χ1) is 10.5. The molecule has 1 unspecified atom stereocenters. The van der Waals surface area contributed by atoms with E-state index in [4.69, 9.17) is 17.3 Å². The number of likely N-dealkylation sites (N-methyl/N-ethyl adjacent to an activating group) is 1. The summed E-state index contributed by atoms with van der Waals surface area (Å²) in [5, 5.41) is 3.77. The standard InChI is InChI=1S/C17H26ClN3O/c1-21(2)16(13-7-3-4-8-14(13)18)11-20-17(22)10-12-6-5-9-15(12)19/h3-4,7-8,12,15-16H,5-6,9-11,19H2,1-2H3,(H,20,22)/t12-,15+,16?/m0/s1. The van der Waals surface area contributed by atoms with Crippen LogP contribution in [0.2, 0.25) is 5.02 Å². The smallest absolute Gasteiger partial charge is 0.220 e. The highest BCUT2D eigenvalue weighted by Crippen LogP contribution is 2.27. The third kappa shape index (κ3) is 4.45. The summed E-state index contributed by atoms with van der Waals surface area (Å²) in [7, 11) is 3.99. The molecule has 0 heterocycles. The minimum Gasteiger partial charge on any atom is -0.354 e. The molecule has 1 fully saturated rings. The summed E-state index contributed by atoms with van der Waals surface area (Å²) in [6.45, 7) is 0.553. The molecule has 5 heteroatoms. The van der Waals surface area contributed by atoms with Crippen LogP contribution < -0.4 is 11.1 Å². The Morgan fingerprint density at radius 2 is 2.14 bits per heavy atom. The molecule has 0 spiro atoms. The van der Waals surface area contributed by atoms with E-state index in [1.165, 1.54) is 0 Å². The number of nitrogens with two attached hydrogens (primary N) is 1. The lowest BCUT2D eigenvalue weighted by Crippen LogP contribution is -2.37. The molecule has 0 saturated heterocycles. The molecule has 4 nitrogen and oxygen atoms in total. The Labute approximate surface area is 138 Å². The van der Waals surface area contributed by atoms with Crippen LogP contribution in [0.1, 0.15) is 37.3 Å². The van der Waals surface area contributed by atoms with Gasteiger partial charge in [0.25, 0.3) is 0 Å². The highest BCUT2D eigenvalue weighted by molar-refractivity contribution is 6.31. The molecule has 1 saturated carbocycles. The van der Waals surface area contributed by atoms with Gasteiger partial charge in [0.2, 0.25) is 5.91 Å². The molecule has 1 aromatic rings. The van der Waals surface area contributed by atoms with Crippen molar-refractivity contribution >= 4 is 17.5 Å². The number of hydrogen-bond acceptors (Lipinski definition) is 3. The predicted molar refractivity (Wildman–Crippen MR) is 90.8 cm³/mol. The van der Waals surface area contributed by atoms with E-state index in [0.29, 0.717) is 18.9 Å². The molecule has 3 atom stereocenters. The SMILES string of the molecule is CN(C)C(CNC(=O)C[C@@H]1CCC[C@H]1N)c1ccccc1Cl. The van der Waals surface area contributed by atoms with E-state index in [2.05, 4.69) is 10.2 Å². The van der Waals surface area contributed by atoms with Crippen molar-refractivity contribution in [3.05, 3.63) is 34.9 Å². The lowest BCUT2D eigenvalue weighted by molar-refractivity contribution is -0.122. The molecule has 22 heavy (non-hydrogen) atoms. The van der Waals surface area contributed by atoms with Crippen molar-refractivity contribution in [3.63, 3.8) is 0 Å². The molecule has 0 radical (unpaired) electrons. The number of carbonyl (C=O) groups excluding carboxylic acids is 1. The summed E-state index contributed by atoms with van der Waals surface area (Å²) in [4.78, 5) is 14.2. The number of amides is 1. The van der Waals surface area contributed by atoms with Gasteiger partial charge in [-0.3, -0.25) is 4.79 Å². The summed E-state index contributed by atoms with van der Waals surface area (Å²) in [6, 6.07) is 8.02. The molecule has 3 N–H and O–H groups in total. The highest BCUT2D eigenvalue weighted by Gasteiger charge is 2.26. The van der Waals surface area contributed by atoms with Crippen molar-refractivity contribution in [3.8, 4) is 0 Å². The maximum absolute atomic E-state index is 12.2. The Bertz CT molecular complexity index is 506. The number of hydrogen-bond donors (Lipinski definition) is 2. The van der Waals surface area contributed by atoms with Crippen LogP contribution in [0.5, 0.6) is 0 Å². The number of halogens is 1. The lowest BCUT2D eigenvalue weighted by Gasteiger charge is -2.26. The van der Waals surface area contributed by atoms with Gasteiger partial charge in [-0.25, -0.2) is 0 Å². The maximum atomic E-state index is 12.2. The van der Waals surface area contributed by atoms with Crippen LogP contribution in [0, 0.1) is 5.92 Å². The van der Waals surface area contributed by atoms with Gasteiger partial charge < -0.3 is 16.0 Å². The predicted octanol–water partition coefficient (Wildman–Crippen LogP) is 2.58. The molecule has 0 aromatic heterocycles. The van der Waals surface area contributed by atoms with Crippen LogP contribution in [-0.2, 0) is 4.79 Å². The Balaban J connectivity index is 1.92. The van der Waals surface area contributed by atoms with Crippen molar-refractivity contribution in [2.75, 3.05) is 20.6 Å². The third-order valence-electron chi connectivity index (χ3n) is 4.55. The van der Waals surface area contributed by atoms with E-state index in [0.717, 1.165) is 29.8 Å². The second-order valence-corrected chi connectivity index (χ2v) is 6.77. The second-order valence-electron chi connectivity index (χ2n) is 6.36. The Morgan fingerprint density at radius 3 is 2.73 bits per heavy atom. The molecule has 122 valence electrons. The van der Waals surface area contributed by atoms with Crippen molar-refractivity contribution < 1.29 is 4.79 Å². The van der Waals surface area contributed by atoms with Gasteiger partial charge in [-0.15, -0.1) is 0 Å². The van der Waals surface area contributed by atoms with Gasteiger partial charge in [-0.2, -0.15) is 0 Å². The second kappa shape index (κ2) is 7.95. The summed E-state index contributed by atoms with van der Waals surface area (Å²) in [6.07, 6.45) is 3.77. The molecule has 1 amide bonds. The number of nitrogens with one attached hydrogen (secondary N) is 1. The fraction of sp³-hybridized carbons (Fsp3) is 0.588. The van der Waals surface area contributed by atoms with Gasteiger partial charge in [0.05, 0.1) is 6.04 Å². The average Bonchev–Trinajstić information content (AvgIpc) is 2.86. The van der Waals surface area contributed by atoms with Crippen LogP contribution >= 0.6 is 11.6 Å². The third-order valence-corrected chi connectivity index (χ3v) is 4.89. The van der Waals surface area contributed by atoms with Gasteiger partial charge in [0.15, 0.2) is 0 Å². The van der Waals surface area contributed by atoms with Gasteiger partial charge in [0.1, 0.15) is 0 Å². The Morgan fingerprint density at radius 1 is 1.41 bits per heavy atom. The summed E-state index contributed by atoms with van der Waals surface area (Å²) in [5.41, 5.74) is 7.07. The van der Waals surface area contributed by atoms with Crippen molar-refractivity contribution in [2.45, 2.75) is 37.8 Å². The minimum absolute atomic E-state index is 0.0647. The monoisotopic (exact) mass is 323 g/mol. The van der Waals surface area contributed by atoms with Crippen molar-refractivity contribution in [1.29, 1.82) is 0 Å². The highest BCUT2D eigenvalue weighted by atomic mass is 35.5. The summed E-state index contributed by atoms with van der Waals surface area (Å²) < 4.78 is 0. The van der Waals surface area contributed by atoms with Gasteiger partial charge in [-0.05, 0) is 44.5 Å². The number of nitrogens with zero attached hydrogens (tertiary/aromatic N) is 1. The molecular formula is C17H26ClN3O. The van der Waals surface area contributed by atoms with E-state index in [-0.39, 0.29) is 18.0 Å². The molecule has 1 aliphatic carbocycles. The number of rotatable bonds is 6. The molecule has 1 aliphatic rings. The van der Waals surface area contributed by atoms with Gasteiger partial charge in [0, 0.05) is 24.0 Å². The van der Waals surface area contributed by atoms with Gasteiger partial charge in [-0.1, -0.05) is 36.2 Å². The number of carbonyl (C=O) groups is 1. The van der Waals surface area contributed by atoms with Crippen molar-refractivity contribution in [1.82, 2.24) is 10.2 Å². The zero-order valence-corrected chi connectivity index (χ0v) is 14.1. The lowest BCUT2D eigenvalue weighted by atomic mass is 9.99. The number of benzene rings is 1. The van der Waals surface area contributed by atoms with Gasteiger partial charge >= 0.3 is 0 Å². The van der Waals surface area contributed by atoms with E-state index in [1.54, 1.807) is 0 Å². The van der Waals surface area contributed by atoms with Crippen LogP contribution in [0.15, 0.2) is 24.3 Å². The molecular weight excluding hydrogens is 298 g/mol. The molecule has 0 bridgehead atoms. The quantitative estimate of drug-likeness (QED) is 0.846. The normalized spacial score (nSPS) is 22.8. The fourth-order valence-electron chi connectivity index (χ4n) is 3.16. The Kier molecular flexibility index (Phi) is 6.24. The summed E-state index contributed by atoms with van der Waals surface area (Å²) >= 11 is 6.28. The topological polar surface area (TPSA) is 58.4 Å². The molecule has 2 rings (SSSR count). The van der Waals surface area contributed by atoms with Crippen LogP contribution in [0.25, 0.3) is 0 Å². The Hall–Kier alpha value is -1.10. The van der Waals surface area contributed by atoms with E-state index in [9.17, 15) is 4.79 Å². The maximum Gasteiger partial charge on any atom is 0.220 e. The zero-order valence-electron chi connectivity index (χ0n) is 13.4. The first-order valence-corrected chi connectivity index (χ1v) is 8.30. The first kappa shape index (κ1) is 17.3. The van der Waals surface area contributed by atoms with E-state index < -0.39 is 0 Å². The van der Waals surface area contributed by atoms with E-state index in [1.807, 2.05) is 38.4 Å². The average molecular weight is 324 g/mol. The van der Waals surface area contributed by atoms with Crippen LogP contribution in [-0.4, -0.2) is 37.5 Å². The van der Waals surface area contributed by atoms with Crippen LogP contribution in [0.4, 0.5) is 0 Å². The first-order valence-electron chi connectivity index (χ1n) is 7.92. The largest absolute Gasteiger partial charge is 0.354 e. The zero-order chi connectivity index (χ0) is 16.1. The van der Waals surface area contributed by atoms with Crippen LogP contribution in [0.3, 0.4) is 0 Å². The van der Waals surface area contributed by atoms with E-state index >= 15 is 0 Å².